The van der Waals surface area contributed by atoms with Crippen LogP contribution >= 0.6 is 0 Å². The lowest BCUT2D eigenvalue weighted by atomic mass is 9.98. The average molecular weight is 692 g/mol. The van der Waals surface area contributed by atoms with Gasteiger partial charge in [-0.05, 0) is 68.8 Å². The number of benzene rings is 2. The normalized spacial score (nSPS) is 14.5. The molecule has 0 bridgehead atoms. The lowest BCUT2D eigenvalue weighted by molar-refractivity contribution is -0.550. The minimum Gasteiger partial charge on any atom is -0.402 e. The third kappa shape index (κ3) is 12.3. The lowest BCUT2D eigenvalue weighted by Gasteiger charge is -2.35. The third-order valence-corrected chi connectivity index (χ3v) is 10.0. The number of nitrogens with zero attached hydrogens (tertiary/aromatic N) is 5. The molecule has 6 heteroatoms. The molecule has 0 aliphatic carbocycles. The van der Waals surface area contributed by atoms with Crippen LogP contribution in [0.1, 0.15) is 111 Å². The van der Waals surface area contributed by atoms with Crippen LogP contribution in [0.4, 0.5) is 5.82 Å². The Morgan fingerprint density at radius 3 is 2.22 bits per heavy atom. The molecule has 1 saturated heterocycles. The van der Waals surface area contributed by atoms with Crippen LogP contribution in [-0.2, 0) is 6.42 Å². The number of aromatic nitrogens is 2. The monoisotopic (exact) mass is 692 g/mol. The molecule has 51 heavy (non-hydrogen) atoms. The van der Waals surface area contributed by atoms with E-state index in [4.69, 9.17) is 15.7 Å². The standard InChI is InChI=1S/C28H35N5.C17H32N/c1-4-14-32-15-17-33(18-16-32)26-20-25(24-13-9-10-22(5-2)19-24)30-28(31-26)27(21(3)29)23-11-7-6-8-12-23;1-9-16(12-11-14(3)4)13-15(5)18(8)17(6,7)10-2/h6-13,19-20H,4-5,14-18,29H2,1-3H3;12,14H,5,8-11,13H2,1-4,6-7H3/q;+1/b27-21-;16-12-. The summed E-state index contributed by atoms with van der Waals surface area (Å²) < 4.78 is 2.09. The van der Waals surface area contributed by atoms with Crippen molar-refractivity contribution in [2.45, 2.75) is 106 Å². The summed E-state index contributed by atoms with van der Waals surface area (Å²) in [5, 5.41) is 0. The zero-order chi connectivity index (χ0) is 37.6. The first-order valence-corrected chi connectivity index (χ1v) is 19.3. The van der Waals surface area contributed by atoms with E-state index in [2.05, 4.69) is 132 Å². The Labute approximate surface area is 310 Å². The van der Waals surface area contributed by atoms with Crippen molar-refractivity contribution < 1.29 is 4.58 Å². The molecule has 276 valence electrons. The molecule has 1 aliphatic heterocycles. The highest BCUT2D eigenvalue weighted by atomic mass is 15.3. The van der Waals surface area contributed by atoms with E-state index < -0.39 is 0 Å². The first kappa shape index (κ1) is 41.4. The van der Waals surface area contributed by atoms with Crippen LogP contribution in [-0.4, -0.2) is 64.4 Å². The fourth-order valence-electron chi connectivity index (χ4n) is 6.18. The van der Waals surface area contributed by atoms with Gasteiger partial charge in [-0.25, -0.2) is 14.5 Å². The fraction of sp³-hybridized carbons (Fsp3) is 0.489. The molecule has 4 rings (SSSR count). The molecule has 6 nitrogen and oxygen atoms in total. The van der Waals surface area contributed by atoms with E-state index in [1.807, 2.05) is 25.1 Å². The highest BCUT2D eigenvalue weighted by Crippen LogP contribution is 2.30. The van der Waals surface area contributed by atoms with Crippen LogP contribution < -0.4 is 10.6 Å². The maximum Gasteiger partial charge on any atom is 0.178 e. The van der Waals surface area contributed by atoms with Gasteiger partial charge in [-0.1, -0.05) is 102 Å². The fourth-order valence-corrected chi connectivity index (χ4v) is 6.18. The Morgan fingerprint density at radius 2 is 1.65 bits per heavy atom. The lowest BCUT2D eigenvalue weighted by Crippen LogP contribution is -2.46. The molecule has 0 spiro atoms. The van der Waals surface area contributed by atoms with Gasteiger partial charge in [0, 0.05) is 69.3 Å². The Hall–Kier alpha value is -4.03. The number of aryl methyl sites for hydroxylation is 1. The highest BCUT2D eigenvalue weighted by Gasteiger charge is 2.29. The second-order valence-electron chi connectivity index (χ2n) is 14.9. The summed E-state index contributed by atoms with van der Waals surface area (Å²) in [6.45, 7) is 33.3. The Balaban J connectivity index is 0.000000333. The summed E-state index contributed by atoms with van der Waals surface area (Å²) in [6.07, 6.45) is 8.86. The summed E-state index contributed by atoms with van der Waals surface area (Å²) in [7, 11) is 0. The minimum atomic E-state index is 0.0913. The summed E-state index contributed by atoms with van der Waals surface area (Å²) in [5.41, 5.74) is 15.1. The van der Waals surface area contributed by atoms with Crippen LogP contribution in [0.15, 0.2) is 90.3 Å². The van der Waals surface area contributed by atoms with Crippen molar-refractivity contribution in [3.8, 4) is 11.3 Å². The van der Waals surface area contributed by atoms with Crippen LogP contribution in [0.3, 0.4) is 0 Å². The largest absolute Gasteiger partial charge is 0.402 e. The number of anilines is 1. The van der Waals surface area contributed by atoms with E-state index in [-0.39, 0.29) is 5.54 Å². The second kappa shape index (κ2) is 20.1. The quantitative estimate of drug-likeness (QED) is 0.0977. The number of hydrogen-bond donors (Lipinski definition) is 1. The summed E-state index contributed by atoms with van der Waals surface area (Å²) in [6, 6.07) is 21.0. The Bertz CT molecular complexity index is 1620. The van der Waals surface area contributed by atoms with E-state index in [1.54, 1.807) is 0 Å². The van der Waals surface area contributed by atoms with Gasteiger partial charge in [0.05, 0.1) is 12.1 Å². The summed E-state index contributed by atoms with van der Waals surface area (Å²) in [5.74, 6) is 2.39. The zero-order valence-corrected chi connectivity index (χ0v) is 33.4. The molecule has 1 aromatic heterocycles. The summed E-state index contributed by atoms with van der Waals surface area (Å²) >= 11 is 0. The average Bonchev–Trinajstić information content (AvgIpc) is 3.13. The van der Waals surface area contributed by atoms with Gasteiger partial charge in [-0.3, -0.25) is 4.90 Å². The van der Waals surface area contributed by atoms with Gasteiger partial charge in [-0.15, -0.1) is 0 Å². The molecular formula is C45H67N6+. The van der Waals surface area contributed by atoms with E-state index in [9.17, 15) is 0 Å². The predicted molar refractivity (Wildman–Crippen MR) is 221 cm³/mol. The molecule has 0 atom stereocenters. The van der Waals surface area contributed by atoms with Crippen molar-refractivity contribution in [2.24, 2.45) is 11.7 Å². The van der Waals surface area contributed by atoms with Gasteiger partial charge in [-0.2, -0.15) is 0 Å². The number of piperazine rings is 1. The van der Waals surface area contributed by atoms with Crippen molar-refractivity contribution in [2.75, 3.05) is 37.6 Å². The number of allylic oxidation sites excluding steroid dienone is 3. The smallest absolute Gasteiger partial charge is 0.178 e. The van der Waals surface area contributed by atoms with Crippen molar-refractivity contribution in [3.05, 3.63) is 107 Å². The molecule has 1 aliphatic rings. The van der Waals surface area contributed by atoms with Crippen LogP contribution in [0.5, 0.6) is 0 Å². The molecule has 0 amide bonds. The van der Waals surface area contributed by atoms with E-state index in [1.165, 1.54) is 17.6 Å². The van der Waals surface area contributed by atoms with Crippen molar-refractivity contribution in [1.29, 1.82) is 0 Å². The number of rotatable bonds is 15. The van der Waals surface area contributed by atoms with Crippen molar-refractivity contribution in [1.82, 2.24) is 14.9 Å². The second-order valence-corrected chi connectivity index (χ2v) is 14.9. The topological polar surface area (TPSA) is 61.3 Å². The number of hydrogen-bond acceptors (Lipinski definition) is 5. The highest BCUT2D eigenvalue weighted by molar-refractivity contribution is 5.80. The van der Waals surface area contributed by atoms with Gasteiger partial charge >= 0.3 is 0 Å². The molecule has 0 unspecified atom stereocenters. The SMILES string of the molecule is C=C(C/C(=C\CC(C)C)CC)[N+](=C)C(C)(C)CC.CCCN1CCN(c2cc(-c3cccc(CC)c3)nc(/C(=C(/C)N)c3ccccc3)n2)CC1. The zero-order valence-electron chi connectivity index (χ0n) is 33.4. The van der Waals surface area contributed by atoms with E-state index >= 15 is 0 Å². The van der Waals surface area contributed by atoms with Crippen LogP contribution in [0.2, 0.25) is 0 Å². The van der Waals surface area contributed by atoms with E-state index in [0.717, 1.165) is 110 Å². The van der Waals surface area contributed by atoms with Crippen molar-refractivity contribution in [3.63, 3.8) is 0 Å². The van der Waals surface area contributed by atoms with Gasteiger partial charge < -0.3 is 10.6 Å². The Kier molecular flexibility index (Phi) is 16.3. The Morgan fingerprint density at radius 1 is 0.961 bits per heavy atom. The minimum absolute atomic E-state index is 0.0913. The molecule has 1 fully saturated rings. The first-order chi connectivity index (χ1) is 24.3. The van der Waals surface area contributed by atoms with Crippen LogP contribution in [0.25, 0.3) is 16.8 Å². The summed E-state index contributed by atoms with van der Waals surface area (Å²) in [4.78, 5) is 15.0. The predicted octanol–water partition coefficient (Wildman–Crippen LogP) is 10.2. The molecule has 0 radical (unpaired) electrons. The first-order valence-electron chi connectivity index (χ1n) is 19.3. The van der Waals surface area contributed by atoms with Crippen LogP contribution in [0, 0.1) is 5.92 Å². The molecule has 2 N–H and O–H groups in total. The van der Waals surface area contributed by atoms with E-state index in [0.29, 0.717) is 5.82 Å². The number of nitrogens with two attached hydrogens (primary N) is 1. The van der Waals surface area contributed by atoms with Gasteiger partial charge in [0.2, 0.25) is 0 Å². The third-order valence-electron chi connectivity index (χ3n) is 10.0. The molecule has 0 saturated carbocycles. The molecule has 2 heterocycles. The van der Waals surface area contributed by atoms with Gasteiger partial charge in [0.1, 0.15) is 12.5 Å². The molecule has 3 aromatic rings. The maximum absolute atomic E-state index is 6.39. The van der Waals surface area contributed by atoms with Crippen molar-refractivity contribution >= 4 is 18.1 Å². The maximum atomic E-state index is 6.39. The van der Waals surface area contributed by atoms with Gasteiger partial charge in [0.25, 0.3) is 0 Å². The molecular weight excluding hydrogens is 625 g/mol. The molecule has 2 aromatic carbocycles. The van der Waals surface area contributed by atoms with Gasteiger partial charge in [0.15, 0.2) is 17.1 Å².